The first kappa shape index (κ1) is 24.7. The maximum absolute atomic E-state index is 14.0. The highest BCUT2D eigenvalue weighted by Gasteiger charge is 2.35. The van der Waals surface area contributed by atoms with Crippen molar-refractivity contribution < 1.29 is 13.6 Å². The highest BCUT2D eigenvalue weighted by Crippen LogP contribution is 2.43. The smallest absolute Gasteiger partial charge is 0.261 e. The number of rotatable bonds is 7. The van der Waals surface area contributed by atoms with Crippen LogP contribution in [0.25, 0.3) is 0 Å². The van der Waals surface area contributed by atoms with Gasteiger partial charge in [0, 0.05) is 12.5 Å². The van der Waals surface area contributed by atoms with Crippen molar-refractivity contribution in [1.82, 2.24) is 5.32 Å². The van der Waals surface area contributed by atoms with Crippen LogP contribution in [0.15, 0.2) is 43.0 Å². The molecule has 0 bridgehead atoms. The summed E-state index contributed by atoms with van der Waals surface area (Å²) in [5, 5.41) is 3.26. The van der Waals surface area contributed by atoms with Crippen LogP contribution in [-0.4, -0.2) is 25.5 Å². The molecule has 0 spiro atoms. The van der Waals surface area contributed by atoms with Gasteiger partial charge in [0.15, 0.2) is 11.6 Å². The largest absolute Gasteiger partial charge is 0.316 e. The van der Waals surface area contributed by atoms with E-state index < -0.39 is 17.5 Å². The van der Waals surface area contributed by atoms with Crippen LogP contribution < -0.4 is 10.2 Å². The Morgan fingerprint density at radius 2 is 1.87 bits per heavy atom. The molecule has 1 heterocycles. The minimum absolute atomic E-state index is 0.214. The zero-order valence-corrected chi connectivity index (χ0v) is 19.1. The summed E-state index contributed by atoms with van der Waals surface area (Å²) in [5.41, 5.74) is 3.90. The molecule has 1 aliphatic heterocycles. The van der Waals surface area contributed by atoms with Crippen molar-refractivity contribution in [2.45, 2.75) is 52.9 Å². The number of hydrogen-bond donors (Lipinski definition) is 1. The number of carbonyl (C=O) groups is 1. The van der Waals surface area contributed by atoms with E-state index in [1.54, 1.807) is 4.90 Å². The van der Waals surface area contributed by atoms with Crippen molar-refractivity contribution in [1.29, 1.82) is 0 Å². The molecule has 0 radical (unpaired) electrons. The minimum atomic E-state index is -1.08. The molecule has 0 fully saturated rings. The van der Waals surface area contributed by atoms with E-state index in [4.69, 9.17) is 0 Å². The molecule has 1 amide bonds. The Morgan fingerprint density at radius 3 is 2.52 bits per heavy atom. The molecule has 0 aromatic heterocycles. The number of anilines is 1. The summed E-state index contributed by atoms with van der Waals surface area (Å²) in [7, 11) is 0. The van der Waals surface area contributed by atoms with Gasteiger partial charge in [0.1, 0.15) is 0 Å². The molecule has 168 valence electrons. The summed E-state index contributed by atoms with van der Waals surface area (Å²) in [6, 6.07) is 7.74. The number of nitrogens with zero attached hydrogens (tertiary/aromatic N) is 1. The summed E-state index contributed by atoms with van der Waals surface area (Å²) in [5.74, 6) is -2.33. The first-order valence-electron chi connectivity index (χ1n) is 11.0. The number of benzene rings is 2. The Kier molecular flexibility index (Phi) is 9.38. The van der Waals surface area contributed by atoms with Gasteiger partial charge in [0.2, 0.25) is 0 Å². The predicted octanol–water partition coefficient (Wildman–Crippen LogP) is 6.30. The highest BCUT2D eigenvalue weighted by atomic mass is 19.2. The van der Waals surface area contributed by atoms with Gasteiger partial charge in [-0.25, -0.2) is 8.78 Å². The van der Waals surface area contributed by atoms with Gasteiger partial charge in [-0.3, -0.25) is 4.79 Å². The number of carbonyl (C=O) groups excluding carboxylic acids is 1. The maximum atomic E-state index is 14.0. The van der Waals surface area contributed by atoms with Crippen molar-refractivity contribution in [3.63, 3.8) is 0 Å². The normalized spacial score (nSPS) is 14.6. The van der Waals surface area contributed by atoms with Crippen LogP contribution in [0.2, 0.25) is 0 Å². The molecule has 2 aromatic rings. The van der Waals surface area contributed by atoms with Gasteiger partial charge in [-0.1, -0.05) is 38.1 Å². The topological polar surface area (TPSA) is 32.3 Å². The van der Waals surface area contributed by atoms with Crippen LogP contribution in [0.1, 0.15) is 66.1 Å². The molecule has 0 saturated heterocycles. The first-order valence-corrected chi connectivity index (χ1v) is 11.0. The lowest BCUT2D eigenvalue weighted by Crippen LogP contribution is -2.31. The number of aryl methyl sites for hydroxylation is 2. The SMILES string of the molecule is C=CCCNCCC.CCC1CN(C(=O)c2cccc(F)c2F)c2c(C)ccc(C)c21. The highest BCUT2D eigenvalue weighted by molar-refractivity contribution is 6.08. The van der Waals surface area contributed by atoms with Crippen molar-refractivity contribution in [2.75, 3.05) is 24.5 Å². The van der Waals surface area contributed by atoms with Gasteiger partial charge in [-0.2, -0.15) is 0 Å². The molecule has 1 aliphatic rings. The van der Waals surface area contributed by atoms with Gasteiger partial charge in [-0.15, -0.1) is 6.58 Å². The zero-order chi connectivity index (χ0) is 23.0. The Labute approximate surface area is 185 Å². The Morgan fingerprint density at radius 1 is 1.16 bits per heavy atom. The third-order valence-electron chi connectivity index (χ3n) is 5.59. The third kappa shape index (κ3) is 5.79. The molecule has 0 saturated carbocycles. The van der Waals surface area contributed by atoms with Crippen molar-refractivity contribution in [3.05, 3.63) is 76.9 Å². The van der Waals surface area contributed by atoms with Gasteiger partial charge in [0.25, 0.3) is 5.91 Å². The summed E-state index contributed by atoms with van der Waals surface area (Å²) in [6.07, 6.45) is 5.13. The molecule has 1 N–H and O–H groups in total. The molecule has 3 nitrogen and oxygen atoms in total. The molecule has 1 unspecified atom stereocenters. The first-order chi connectivity index (χ1) is 14.9. The molecular formula is C26H34F2N2O. The second-order valence-corrected chi connectivity index (χ2v) is 7.91. The van der Waals surface area contributed by atoms with Gasteiger partial charge >= 0.3 is 0 Å². The monoisotopic (exact) mass is 428 g/mol. The Balaban J connectivity index is 0.000000366. The molecule has 1 atom stereocenters. The van der Waals surface area contributed by atoms with Crippen LogP contribution >= 0.6 is 0 Å². The number of halogens is 2. The lowest BCUT2D eigenvalue weighted by Gasteiger charge is -2.20. The average molecular weight is 429 g/mol. The van der Waals surface area contributed by atoms with Crippen LogP contribution in [0, 0.1) is 25.5 Å². The zero-order valence-electron chi connectivity index (χ0n) is 19.1. The lowest BCUT2D eigenvalue weighted by molar-refractivity contribution is 0.0983. The molecular weight excluding hydrogens is 394 g/mol. The van der Waals surface area contributed by atoms with E-state index in [0.29, 0.717) is 6.54 Å². The Bertz CT molecular complexity index is 911. The second-order valence-electron chi connectivity index (χ2n) is 7.91. The van der Waals surface area contributed by atoms with Crippen LogP contribution in [0.4, 0.5) is 14.5 Å². The molecule has 5 heteroatoms. The van der Waals surface area contributed by atoms with Crippen LogP contribution in [-0.2, 0) is 0 Å². The average Bonchev–Trinajstić information content (AvgIpc) is 3.17. The maximum Gasteiger partial charge on any atom is 0.261 e. The minimum Gasteiger partial charge on any atom is -0.316 e. The summed E-state index contributed by atoms with van der Waals surface area (Å²) >= 11 is 0. The van der Waals surface area contributed by atoms with Gasteiger partial charge in [-0.05, 0) is 75.0 Å². The van der Waals surface area contributed by atoms with E-state index in [9.17, 15) is 13.6 Å². The number of amides is 1. The fraction of sp³-hybridized carbons (Fsp3) is 0.423. The van der Waals surface area contributed by atoms with Crippen LogP contribution in [0.3, 0.4) is 0 Å². The Hall–Kier alpha value is -2.53. The van der Waals surface area contributed by atoms with E-state index >= 15 is 0 Å². The van der Waals surface area contributed by atoms with E-state index in [1.807, 2.05) is 32.1 Å². The van der Waals surface area contributed by atoms with E-state index in [-0.39, 0.29) is 11.5 Å². The molecule has 0 aliphatic carbocycles. The van der Waals surface area contributed by atoms with Crippen LogP contribution in [0.5, 0.6) is 0 Å². The molecule has 2 aromatic carbocycles. The van der Waals surface area contributed by atoms with E-state index in [2.05, 4.69) is 25.7 Å². The van der Waals surface area contributed by atoms with Gasteiger partial charge < -0.3 is 10.2 Å². The van der Waals surface area contributed by atoms with Crippen molar-refractivity contribution in [2.24, 2.45) is 0 Å². The molecule has 3 rings (SSSR count). The number of fused-ring (bicyclic) bond motifs is 1. The second kappa shape index (κ2) is 11.8. The van der Waals surface area contributed by atoms with E-state index in [0.717, 1.165) is 54.4 Å². The standard InChI is InChI=1S/C19H19F2NO.C7H15N/c1-4-13-10-22(18-12(3)9-8-11(2)16(13)18)19(23)14-6-5-7-15(20)17(14)21;1-3-5-7-8-6-4-2/h5-9,13H,4,10H2,1-3H3;3,8H,1,4-7H2,2H3. The number of hydrogen-bond acceptors (Lipinski definition) is 2. The van der Waals surface area contributed by atoms with Crippen molar-refractivity contribution >= 4 is 11.6 Å². The fourth-order valence-electron chi connectivity index (χ4n) is 3.93. The lowest BCUT2D eigenvalue weighted by atomic mass is 9.93. The summed E-state index contributed by atoms with van der Waals surface area (Å²) in [4.78, 5) is 14.4. The summed E-state index contributed by atoms with van der Waals surface area (Å²) in [6.45, 7) is 14.6. The molecule has 31 heavy (non-hydrogen) atoms. The van der Waals surface area contributed by atoms with Crippen molar-refractivity contribution in [3.8, 4) is 0 Å². The quantitative estimate of drug-likeness (QED) is 0.415. The number of nitrogens with one attached hydrogen (secondary N) is 1. The predicted molar refractivity (Wildman–Crippen MR) is 125 cm³/mol. The van der Waals surface area contributed by atoms with Gasteiger partial charge in [0.05, 0.1) is 11.3 Å². The third-order valence-corrected chi connectivity index (χ3v) is 5.59. The van der Waals surface area contributed by atoms with E-state index in [1.165, 1.54) is 18.6 Å². The summed E-state index contributed by atoms with van der Waals surface area (Å²) < 4.78 is 27.5. The fourth-order valence-corrected chi connectivity index (χ4v) is 3.93.